The maximum Gasteiger partial charge on any atom is 0.0803 e. The summed E-state index contributed by atoms with van der Waals surface area (Å²) in [6, 6.07) is 2.18. The number of aryl methyl sites for hydroxylation is 2. The monoisotopic (exact) mass is 250 g/mol. The summed E-state index contributed by atoms with van der Waals surface area (Å²) in [6.45, 7) is 4.27. The molecule has 17 heavy (non-hydrogen) atoms. The molecule has 2 bridgehead atoms. The maximum absolute atomic E-state index is 10.4. The van der Waals surface area contributed by atoms with Crippen LogP contribution in [0.4, 0.5) is 0 Å². The zero-order valence-corrected chi connectivity index (χ0v) is 11.6. The van der Waals surface area contributed by atoms with E-state index in [9.17, 15) is 5.11 Å². The average molecular weight is 250 g/mol. The zero-order chi connectivity index (χ0) is 12.0. The molecule has 0 amide bonds. The second-order valence-corrected chi connectivity index (χ2v) is 7.52. The van der Waals surface area contributed by atoms with Gasteiger partial charge in [-0.1, -0.05) is 6.42 Å². The molecule has 1 N–H and O–H groups in total. The summed E-state index contributed by atoms with van der Waals surface area (Å²) in [7, 11) is 0. The van der Waals surface area contributed by atoms with Gasteiger partial charge in [-0.25, -0.2) is 0 Å². The van der Waals surface area contributed by atoms with Gasteiger partial charge < -0.3 is 5.11 Å². The van der Waals surface area contributed by atoms with Crippen molar-refractivity contribution in [3.05, 3.63) is 21.4 Å². The van der Waals surface area contributed by atoms with Crippen LogP contribution >= 0.6 is 11.3 Å². The third-order valence-corrected chi connectivity index (χ3v) is 5.83. The maximum atomic E-state index is 10.4. The van der Waals surface area contributed by atoms with Crippen LogP contribution in [0.25, 0.3) is 0 Å². The molecule has 1 heterocycles. The van der Waals surface area contributed by atoms with Crippen LogP contribution in [0, 0.1) is 31.6 Å². The van der Waals surface area contributed by atoms with Crippen molar-refractivity contribution in [1.29, 1.82) is 0 Å². The van der Waals surface area contributed by atoms with Gasteiger partial charge in [0.15, 0.2) is 0 Å². The van der Waals surface area contributed by atoms with Crippen LogP contribution in [-0.4, -0.2) is 5.11 Å². The molecule has 2 fully saturated rings. The summed E-state index contributed by atoms with van der Waals surface area (Å²) in [5.74, 6) is 2.71. The minimum absolute atomic E-state index is 0.218. The number of thiophene rings is 1. The van der Waals surface area contributed by atoms with Gasteiger partial charge in [-0.05, 0) is 68.9 Å². The lowest BCUT2D eigenvalue weighted by atomic mass is 9.83. The highest BCUT2D eigenvalue weighted by molar-refractivity contribution is 7.12. The van der Waals surface area contributed by atoms with Crippen LogP contribution in [0.15, 0.2) is 6.07 Å². The average Bonchev–Trinajstić information content (AvgIpc) is 2.93. The summed E-state index contributed by atoms with van der Waals surface area (Å²) in [6.07, 6.45) is 6.47. The van der Waals surface area contributed by atoms with E-state index in [1.165, 1.54) is 41.0 Å². The molecule has 2 aliphatic carbocycles. The molecule has 1 aromatic heterocycles. The Morgan fingerprint density at radius 2 is 2.18 bits per heavy atom. The van der Waals surface area contributed by atoms with Crippen molar-refractivity contribution in [1.82, 2.24) is 0 Å². The molecule has 1 nitrogen and oxygen atoms in total. The first-order valence-electron chi connectivity index (χ1n) is 6.88. The molecule has 4 atom stereocenters. The molecule has 1 aromatic rings. The number of aliphatic hydroxyl groups is 1. The van der Waals surface area contributed by atoms with E-state index in [1.807, 2.05) is 11.3 Å². The molecular formula is C15H22OS. The van der Waals surface area contributed by atoms with Crippen molar-refractivity contribution in [2.45, 2.75) is 52.1 Å². The summed E-state index contributed by atoms with van der Waals surface area (Å²) >= 11 is 1.81. The lowest BCUT2D eigenvalue weighted by Crippen LogP contribution is -2.14. The van der Waals surface area contributed by atoms with Crippen molar-refractivity contribution < 1.29 is 5.11 Å². The number of aliphatic hydroxyl groups excluding tert-OH is 1. The fraction of sp³-hybridized carbons (Fsp3) is 0.733. The van der Waals surface area contributed by atoms with Crippen molar-refractivity contribution in [2.75, 3.05) is 0 Å². The SMILES string of the molecule is Cc1cc(C(O)CC2CC3CCC2C3)c(C)s1. The molecular weight excluding hydrogens is 228 g/mol. The fourth-order valence-corrected chi connectivity index (χ4v) is 5.04. The second kappa shape index (κ2) is 4.40. The van der Waals surface area contributed by atoms with Crippen molar-refractivity contribution >= 4 is 11.3 Å². The Balaban J connectivity index is 1.67. The van der Waals surface area contributed by atoms with Gasteiger partial charge in [-0.15, -0.1) is 11.3 Å². The van der Waals surface area contributed by atoms with E-state index in [0.29, 0.717) is 0 Å². The molecule has 2 saturated carbocycles. The third-order valence-electron chi connectivity index (χ3n) is 4.85. The molecule has 0 spiro atoms. The van der Waals surface area contributed by atoms with Gasteiger partial charge >= 0.3 is 0 Å². The summed E-state index contributed by atoms with van der Waals surface area (Å²) in [4.78, 5) is 2.63. The third kappa shape index (κ3) is 2.17. The number of hydrogen-bond acceptors (Lipinski definition) is 2. The molecule has 0 aliphatic heterocycles. The van der Waals surface area contributed by atoms with Crippen molar-refractivity contribution in [3.8, 4) is 0 Å². The normalized spacial score (nSPS) is 33.2. The predicted octanol–water partition coefficient (Wildman–Crippen LogP) is 4.22. The lowest BCUT2D eigenvalue weighted by Gasteiger charge is -2.24. The van der Waals surface area contributed by atoms with Crippen LogP contribution in [-0.2, 0) is 0 Å². The largest absolute Gasteiger partial charge is 0.388 e. The van der Waals surface area contributed by atoms with Gasteiger partial charge in [0.05, 0.1) is 6.10 Å². The Kier molecular flexibility index (Phi) is 3.04. The van der Waals surface area contributed by atoms with E-state index in [0.717, 1.165) is 24.2 Å². The fourth-order valence-electron chi connectivity index (χ4n) is 4.06. The Morgan fingerprint density at radius 1 is 1.35 bits per heavy atom. The van der Waals surface area contributed by atoms with E-state index in [2.05, 4.69) is 19.9 Å². The molecule has 4 unspecified atom stereocenters. The Morgan fingerprint density at radius 3 is 2.71 bits per heavy atom. The minimum Gasteiger partial charge on any atom is -0.388 e. The summed E-state index contributed by atoms with van der Waals surface area (Å²) < 4.78 is 0. The van der Waals surface area contributed by atoms with E-state index >= 15 is 0 Å². The van der Waals surface area contributed by atoms with E-state index in [-0.39, 0.29) is 6.10 Å². The standard InChI is InChI=1S/C15H22OS/c1-9-5-14(10(2)17-9)15(16)8-13-7-11-3-4-12(13)6-11/h5,11-13,15-16H,3-4,6-8H2,1-2H3. The van der Waals surface area contributed by atoms with Crippen molar-refractivity contribution in [3.63, 3.8) is 0 Å². The van der Waals surface area contributed by atoms with Crippen molar-refractivity contribution in [2.24, 2.45) is 17.8 Å². The molecule has 2 heteroatoms. The highest BCUT2D eigenvalue weighted by atomic mass is 32.1. The second-order valence-electron chi connectivity index (χ2n) is 6.06. The first kappa shape index (κ1) is 11.7. The molecule has 94 valence electrons. The summed E-state index contributed by atoms with van der Waals surface area (Å²) in [5, 5.41) is 10.4. The van der Waals surface area contributed by atoms with E-state index in [1.54, 1.807) is 0 Å². The van der Waals surface area contributed by atoms with Crippen LogP contribution in [0.3, 0.4) is 0 Å². The summed E-state index contributed by atoms with van der Waals surface area (Å²) in [5.41, 5.74) is 1.19. The number of hydrogen-bond donors (Lipinski definition) is 1. The number of fused-ring (bicyclic) bond motifs is 2. The van der Waals surface area contributed by atoms with Crippen LogP contribution in [0.2, 0.25) is 0 Å². The molecule has 2 aliphatic rings. The molecule has 0 radical (unpaired) electrons. The predicted molar refractivity (Wildman–Crippen MR) is 72.3 cm³/mol. The minimum atomic E-state index is -0.218. The first-order chi connectivity index (χ1) is 8.13. The Bertz CT molecular complexity index is 409. The van der Waals surface area contributed by atoms with Gasteiger partial charge in [0.1, 0.15) is 0 Å². The quantitative estimate of drug-likeness (QED) is 0.851. The Hall–Kier alpha value is -0.340. The van der Waals surface area contributed by atoms with Crippen LogP contribution in [0.5, 0.6) is 0 Å². The zero-order valence-electron chi connectivity index (χ0n) is 10.8. The highest BCUT2D eigenvalue weighted by Crippen LogP contribution is 2.51. The van der Waals surface area contributed by atoms with Gasteiger partial charge in [0, 0.05) is 9.75 Å². The van der Waals surface area contributed by atoms with Gasteiger partial charge in [0.2, 0.25) is 0 Å². The highest BCUT2D eigenvalue weighted by Gasteiger charge is 2.40. The van der Waals surface area contributed by atoms with Gasteiger partial charge in [0.25, 0.3) is 0 Å². The molecule has 0 saturated heterocycles. The number of rotatable bonds is 3. The molecule has 0 aromatic carbocycles. The van der Waals surface area contributed by atoms with E-state index in [4.69, 9.17) is 0 Å². The van der Waals surface area contributed by atoms with Gasteiger partial charge in [-0.3, -0.25) is 0 Å². The smallest absolute Gasteiger partial charge is 0.0803 e. The topological polar surface area (TPSA) is 20.2 Å². The Labute approximate surface area is 108 Å². The van der Waals surface area contributed by atoms with Crippen LogP contribution < -0.4 is 0 Å². The van der Waals surface area contributed by atoms with E-state index < -0.39 is 0 Å². The first-order valence-corrected chi connectivity index (χ1v) is 7.70. The lowest BCUT2D eigenvalue weighted by molar-refractivity contribution is 0.125. The van der Waals surface area contributed by atoms with Gasteiger partial charge in [-0.2, -0.15) is 0 Å². The molecule has 3 rings (SSSR count). The van der Waals surface area contributed by atoms with Crippen LogP contribution in [0.1, 0.15) is 53.5 Å².